The van der Waals surface area contributed by atoms with E-state index in [2.05, 4.69) is 10.3 Å². The summed E-state index contributed by atoms with van der Waals surface area (Å²) < 4.78 is 0. The first-order valence-corrected chi connectivity index (χ1v) is 5.10. The van der Waals surface area contributed by atoms with E-state index >= 15 is 0 Å². The zero-order valence-electron chi connectivity index (χ0n) is 8.81. The molecule has 0 saturated heterocycles. The van der Waals surface area contributed by atoms with Gasteiger partial charge in [0.2, 0.25) is 5.91 Å². The van der Waals surface area contributed by atoms with Gasteiger partial charge in [-0.25, -0.2) is 0 Å². The molecule has 1 aromatic heterocycles. The molecule has 0 radical (unpaired) electrons. The lowest BCUT2D eigenvalue weighted by Gasteiger charge is -2.06. The van der Waals surface area contributed by atoms with Gasteiger partial charge in [-0.05, 0) is 11.5 Å². The second-order valence-corrected chi connectivity index (χ2v) is 3.46. The summed E-state index contributed by atoms with van der Waals surface area (Å²) in [5.41, 5.74) is 6.08. The molecule has 0 bridgehead atoms. The first-order chi connectivity index (χ1) is 7.81. The third-order valence-corrected chi connectivity index (χ3v) is 2.39. The molecule has 0 aliphatic rings. The van der Waals surface area contributed by atoms with Gasteiger partial charge in [-0.2, -0.15) is 0 Å². The SMILES string of the molecule is NCC(=O)NCc1nccc2ccccc12. The summed E-state index contributed by atoms with van der Waals surface area (Å²) in [6, 6.07) is 9.89. The Bertz CT molecular complexity index is 505. The average molecular weight is 215 g/mol. The first-order valence-electron chi connectivity index (χ1n) is 5.10. The Morgan fingerprint density at radius 2 is 2.12 bits per heavy atom. The van der Waals surface area contributed by atoms with Crippen LogP contribution in [0, 0.1) is 0 Å². The lowest BCUT2D eigenvalue weighted by molar-refractivity contribution is -0.119. The molecule has 0 unspecified atom stereocenters. The number of carbonyl (C=O) groups excluding carboxylic acids is 1. The molecule has 0 aliphatic carbocycles. The maximum Gasteiger partial charge on any atom is 0.234 e. The Labute approximate surface area is 93.5 Å². The zero-order valence-corrected chi connectivity index (χ0v) is 8.81. The van der Waals surface area contributed by atoms with Crippen LogP contribution >= 0.6 is 0 Å². The van der Waals surface area contributed by atoms with Crippen LogP contribution in [0.3, 0.4) is 0 Å². The molecule has 2 rings (SSSR count). The second-order valence-electron chi connectivity index (χ2n) is 3.46. The van der Waals surface area contributed by atoms with Crippen LogP contribution in [0.15, 0.2) is 36.5 Å². The molecular formula is C12H13N3O. The number of pyridine rings is 1. The van der Waals surface area contributed by atoms with Gasteiger partial charge in [0, 0.05) is 11.6 Å². The molecule has 2 aromatic rings. The third-order valence-electron chi connectivity index (χ3n) is 2.39. The molecule has 82 valence electrons. The van der Waals surface area contributed by atoms with Crippen LogP contribution in [0.1, 0.15) is 5.69 Å². The Hall–Kier alpha value is -1.94. The number of benzene rings is 1. The van der Waals surface area contributed by atoms with Gasteiger partial charge in [0.05, 0.1) is 18.8 Å². The maximum absolute atomic E-state index is 11.1. The highest BCUT2D eigenvalue weighted by atomic mass is 16.1. The van der Waals surface area contributed by atoms with E-state index < -0.39 is 0 Å². The van der Waals surface area contributed by atoms with Gasteiger partial charge < -0.3 is 11.1 Å². The molecule has 1 aromatic carbocycles. The predicted molar refractivity (Wildman–Crippen MR) is 62.6 cm³/mol. The fourth-order valence-electron chi connectivity index (χ4n) is 1.58. The number of nitrogens with two attached hydrogens (primary N) is 1. The van der Waals surface area contributed by atoms with Crippen LogP contribution in [0.2, 0.25) is 0 Å². The van der Waals surface area contributed by atoms with E-state index in [0.29, 0.717) is 6.54 Å². The van der Waals surface area contributed by atoms with Crippen LogP contribution in [0.4, 0.5) is 0 Å². The lowest BCUT2D eigenvalue weighted by atomic mass is 10.1. The molecule has 1 heterocycles. The topological polar surface area (TPSA) is 68.0 Å². The van der Waals surface area contributed by atoms with Crippen molar-refractivity contribution >= 4 is 16.7 Å². The third kappa shape index (κ3) is 2.17. The van der Waals surface area contributed by atoms with E-state index in [1.807, 2.05) is 30.3 Å². The molecule has 0 atom stereocenters. The molecule has 1 amide bonds. The van der Waals surface area contributed by atoms with Gasteiger partial charge in [-0.3, -0.25) is 9.78 Å². The highest BCUT2D eigenvalue weighted by Crippen LogP contribution is 2.15. The number of hydrogen-bond acceptors (Lipinski definition) is 3. The van der Waals surface area contributed by atoms with Gasteiger partial charge in [0.1, 0.15) is 0 Å². The van der Waals surface area contributed by atoms with Gasteiger partial charge >= 0.3 is 0 Å². The fourth-order valence-corrected chi connectivity index (χ4v) is 1.58. The summed E-state index contributed by atoms with van der Waals surface area (Å²) in [6.45, 7) is 0.419. The molecule has 4 nitrogen and oxygen atoms in total. The van der Waals surface area contributed by atoms with Crippen LogP contribution < -0.4 is 11.1 Å². The number of fused-ring (bicyclic) bond motifs is 1. The molecule has 0 aliphatic heterocycles. The van der Waals surface area contributed by atoms with Crippen LogP contribution in [-0.2, 0) is 11.3 Å². The first kappa shape index (κ1) is 10.6. The van der Waals surface area contributed by atoms with Crippen molar-refractivity contribution in [3.05, 3.63) is 42.2 Å². The summed E-state index contributed by atoms with van der Waals surface area (Å²) in [6.07, 6.45) is 1.74. The van der Waals surface area contributed by atoms with Crippen molar-refractivity contribution < 1.29 is 4.79 Å². The molecule has 16 heavy (non-hydrogen) atoms. The monoisotopic (exact) mass is 215 g/mol. The van der Waals surface area contributed by atoms with Crippen molar-refractivity contribution in [2.24, 2.45) is 5.73 Å². The van der Waals surface area contributed by atoms with E-state index in [1.165, 1.54) is 0 Å². The summed E-state index contributed by atoms with van der Waals surface area (Å²) >= 11 is 0. The predicted octanol–water partition coefficient (Wildman–Crippen LogP) is 0.810. The zero-order chi connectivity index (χ0) is 11.4. The van der Waals surface area contributed by atoms with Crippen molar-refractivity contribution in [3.63, 3.8) is 0 Å². The Balaban J connectivity index is 2.27. The molecule has 0 saturated carbocycles. The summed E-state index contributed by atoms with van der Waals surface area (Å²) in [4.78, 5) is 15.3. The Morgan fingerprint density at radius 1 is 1.31 bits per heavy atom. The second kappa shape index (κ2) is 4.72. The number of aromatic nitrogens is 1. The molecular weight excluding hydrogens is 202 g/mol. The largest absolute Gasteiger partial charge is 0.349 e. The number of amides is 1. The number of rotatable bonds is 3. The molecule has 4 heteroatoms. The summed E-state index contributed by atoms with van der Waals surface area (Å²) in [7, 11) is 0. The van der Waals surface area contributed by atoms with Crippen LogP contribution in [0.25, 0.3) is 10.8 Å². The lowest BCUT2D eigenvalue weighted by Crippen LogP contribution is -2.30. The average Bonchev–Trinajstić information content (AvgIpc) is 2.35. The van der Waals surface area contributed by atoms with Crippen molar-refractivity contribution in [2.75, 3.05) is 6.54 Å². The van der Waals surface area contributed by atoms with Crippen molar-refractivity contribution in [3.8, 4) is 0 Å². The Kier molecular flexibility index (Phi) is 3.12. The molecule has 3 N–H and O–H groups in total. The summed E-state index contributed by atoms with van der Waals surface area (Å²) in [5.74, 6) is -0.172. The number of nitrogens with zero attached hydrogens (tertiary/aromatic N) is 1. The van der Waals surface area contributed by atoms with E-state index in [1.54, 1.807) is 6.20 Å². The minimum atomic E-state index is -0.172. The van der Waals surface area contributed by atoms with E-state index in [9.17, 15) is 4.79 Å². The van der Waals surface area contributed by atoms with E-state index in [0.717, 1.165) is 16.5 Å². The fraction of sp³-hybridized carbons (Fsp3) is 0.167. The Morgan fingerprint density at radius 3 is 2.94 bits per heavy atom. The van der Waals surface area contributed by atoms with E-state index in [-0.39, 0.29) is 12.5 Å². The number of carbonyl (C=O) groups is 1. The van der Waals surface area contributed by atoms with Crippen molar-refractivity contribution in [1.29, 1.82) is 0 Å². The minimum absolute atomic E-state index is 0.00473. The van der Waals surface area contributed by atoms with Crippen LogP contribution in [-0.4, -0.2) is 17.4 Å². The van der Waals surface area contributed by atoms with Gasteiger partial charge in [-0.1, -0.05) is 24.3 Å². The van der Waals surface area contributed by atoms with Crippen LogP contribution in [0.5, 0.6) is 0 Å². The summed E-state index contributed by atoms with van der Waals surface area (Å²) in [5, 5.41) is 4.89. The normalized spacial score (nSPS) is 10.3. The van der Waals surface area contributed by atoms with Crippen molar-refractivity contribution in [2.45, 2.75) is 6.54 Å². The van der Waals surface area contributed by atoms with E-state index in [4.69, 9.17) is 5.73 Å². The molecule has 0 fully saturated rings. The number of hydrogen-bond donors (Lipinski definition) is 2. The standard InChI is InChI=1S/C12H13N3O/c13-7-12(16)15-8-11-10-4-2-1-3-9(10)5-6-14-11/h1-6H,7-8,13H2,(H,15,16). The van der Waals surface area contributed by atoms with Gasteiger partial charge in [-0.15, -0.1) is 0 Å². The van der Waals surface area contributed by atoms with Crippen molar-refractivity contribution in [1.82, 2.24) is 10.3 Å². The maximum atomic E-state index is 11.1. The number of nitrogens with one attached hydrogen (secondary N) is 1. The van der Waals surface area contributed by atoms with Gasteiger partial charge in [0.15, 0.2) is 0 Å². The highest BCUT2D eigenvalue weighted by Gasteiger charge is 2.03. The quantitative estimate of drug-likeness (QED) is 0.796. The highest BCUT2D eigenvalue weighted by molar-refractivity contribution is 5.85. The molecule has 0 spiro atoms. The minimum Gasteiger partial charge on any atom is -0.349 e. The smallest absolute Gasteiger partial charge is 0.234 e. The van der Waals surface area contributed by atoms with Gasteiger partial charge in [0.25, 0.3) is 0 Å².